The number of benzene rings is 2. The fourth-order valence-corrected chi connectivity index (χ4v) is 3.41. The van der Waals surface area contributed by atoms with Crippen molar-refractivity contribution in [1.29, 1.82) is 0 Å². The van der Waals surface area contributed by atoms with Gasteiger partial charge >= 0.3 is 6.03 Å². The van der Waals surface area contributed by atoms with E-state index < -0.39 is 5.82 Å². The number of hydrogen-bond donors (Lipinski definition) is 1. The number of carbonyl (C=O) groups is 1. The van der Waals surface area contributed by atoms with Gasteiger partial charge in [-0.05, 0) is 55.0 Å². The summed E-state index contributed by atoms with van der Waals surface area (Å²) in [5, 5.41) is 2.74. The average Bonchev–Trinajstić information content (AvgIpc) is 2.99. The summed E-state index contributed by atoms with van der Waals surface area (Å²) < 4.78 is 14.0. The minimum Gasteiger partial charge on any atom is -0.317 e. The monoisotopic (exact) mass is 326 g/mol. The zero-order valence-corrected chi connectivity index (χ0v) is 14.2. The number of anilines is 1. The number of urea groups is 1. The lowest BCUT2D eigenvalue weighted by Crippen LogP contribution is -2.38. The molecular formula is C20H23FN2O. The molecule has 0 aromatic heterocycles. The van der Waals surface area contributed by atoms with E-state index in [-0.39, 0.29) is 17.8 Å². The summed E-state index contributed by atoms with van der Waals surface area (Å²) in [5.41, 5.74) is 3.59. The highest BCUT2D eigenvalue weighted by Gasteiger charge is 2.30. The van der Waals surface area contributed by atoms with Gasteiger partial charge in [-0.2, -0.15) is 0 Å². The molecule has 2 amide bonds. The summed E-state index contributed by atoms with van der Waals surface area (Å²) in [4.78, 5) is 14.6. The quantitative estimate of drug-likeness (QED) is 0.836. The first kappa shape index (κ1) is 16.5. The van der Waals surface area contributed by atoms with Crippen molar-refractivity contribution in [3.05, 3.63) is 65.0 Å². The van der Waals surface area contributed by atoms with E-state index in [0.29, 0.717) is 6.54 Å². The first-order chi connectivity index (χ1) is 11.6. The van der Waals surface area contributed by atoms with E-state index in [4.69, 9.17) is 0 Å². The number of rotatable bonds is 4. The summed E-state index contributed by atoms with van der Waals surface area (Å²) >= 11 is 0. The fraction of sp³-hybridized carbons (Fsp3) is 0.350. The average molecular weight is 326 g/mol. The Balaban J connectivity index is 1.82. The third-order valence-corrected chi connectivity index (χ3v) is 4.57. The van der Waals surface area contributed by atoms with E-state index in [0.717, 1.165) is 24.8 Å². The van der Waals surface area contributed by atoms with Crippen LogP contribution in [-0.2, 0) is 6.42 Å². The summed E-state index contributed by atoms with van der Waals surface area (Å²) in [6.07, 6.45) is 2.76. The molecule has 1 aliphatic carbocycles. The van der Waals surface area contributed by atoms with E-state index in [1.807, 2.05) is 30.9 Å². The number of fused-ring (bicyclic) bond motifs is 1. The fourth-order valence-electron chi connectivity index (χ4n) is 3.41. The number of aryl methyl sites for hydroxylation is 2. The van der Waals surface area contributed by atoms with Crippen LogP contribution in [0.1, 0.15) is 42.5 Å². The second-order valence-corrected chi connectivity index (χ2v) is 6.36. The standard InChI is InChI=1S/C20H23FN2O/c1-3-12-23(19-11-9-15-6-4-5-7-16(15)19)20(24)22-18-10-8-14(2)13-17(18)21/h4-8,10,13,19H,3,9,11-12H2,1-2H3,(H,22,24). The van der Waals surface area contributed by atoms with Crippen molar-refractivity contribution in [2.24, 2.45) is 0 Å². The summed E-state index contributed by atoms with van der Waals surface area (Å²) in [7, 11) is 0. The molecule has 4 heteroatoms. The molecule has 2 aromatic rings. The van der Waals surface area contributed by atoms with Crippen molar-refractivity contribution in [2.75, 3.05) is 11.9 Å². The van der Waals surface area contributed by atoms with Gasteiger partial charge in [-0.15, -0.1) is 0 Å². The molecule has 0 aliphatic heterocycles. The molecular weight excluding hydrogens is 303 g/mol. The Morgan fingerprint density at radius 2 is 2.08 bits per heavy atom. The highest BCUT2D eigenvalue weighted by molar-refractivity contribution is 5.90. The first-order valence-electron chi connectivity index (χ1n) is 8.51. The van der Waals surface area contributed by atoms with Crippen LogP contribution in [0.2, 0.25) is 0 Å². The molecule has 3 rings (SSSR count). The van der Waals surface area contributed by atoms with Gasteiger partial charge in [0.05, 0.1) is 11.7 Å². The Morgan fingerprint density at radius 1 is 1.29 bits per heavy atom. The number of hydrogen-bond acceptors (Lipinski definition) is 1. The van der Waals surface area contributed by atoms with Crippen molar-refractivity contribution in [3.8, 4) is 0 Å². The molecule has 1 unspecified atom stereocenters. The van der Waals surface area contributed by atoms with Gasteiger partial charge in [0.2, 0.25) is 0 Å². The lowest BCUT2D eigenvalue weighted by Gasteiger charge is -2.29. The van der Waals surface area contributed by atoms with E-state index in [1.54, 1.807) is 12.1 Å². The van der Waals surface area contributed by atoms with Crippen LogP contribution in [0.15, 0.2) is 42.5 Å². The van der Waals surface area contributed by atoms with Gasteiger partial charge in [-0.1, -0.05) is 37.3 Å². The van der Waals surface area contributed by atoms with Gasteiger partial charge in [0.25, 0.3) is 0 Å². The van der Waals surface area contributed by atoms with Crippen molar-refractivity contribution in [3.63, 3.8) is 0 Å². The van der Waals surface area contributed by atoms with Crippen molar-refractivity contribution >= 4 is 11.7 Å². The molecule has 3 nitrogen and oxygen atoms in total. The normalized spacial score (nSPS) is 15.9. The van der Waals surface area contributed by atoms with E-state index in [2.05, 4.69) is 17.4 Å². The molecule has 1 aliphatic rings. The van der Waals surface area contributed by atoms with Crippen LogP contribution in [0.3, 0.4) is 0 Å². The van der Waals surface area contributed by atoms with Gasteiger partial charge in [0.15, 0.2) is 0 Å². The lowest BCUT2D eigenvalue weighted by molar-refractivity contribution is 0.187. The van der Waals surface area contributed by atoms with Crippen LogP contribution in [0.4, 0.5) is 14.9 Å². The Bertz CT molecular complexity index is 744. The van der Waals surface area contributed by atoms with Crippen LogP contribution < -0.4 is 5.32 Å². The molecule has 0 saturated heterocycles. The van der Waals surface area contributed by atoms with Gasteiger partial charge in [-0.25, -0.2) is 9.18 Å². The highest BCUT2D eigenvalue weighted by Crippen LogP contribution is 2.36. The number of nitrogens with zero attached hydrogens (tertiary/aromatic N) is 1. The van der Waals surface area contributed by atoms with E-state index in [1.165, 1.54) is 17.2 Å². The Labute approximate surface area is 142 Å². The second kappa shape index (κ2) is 7.04. The Hall–Kier alpha value is -2.36. The molecule has 0 saturated carbocycles. The zero-order valence-electron chi connectivity index (χ0n) is 14.2. The smallest absolute Gasteiger partial charge is 0.317 e. The number of halogens is 1. The van der Waals surface area contributed by atoms with E-state index >= 15 is 0 Å². The van der Waals surface area contributed by atoms with Gasteiger partial charge in [0, 0.05) is 6.54 Å². The molecule has 1 N–H and O–H groups in total. The molecule has 0 spiro atoms. The molecule has 2 aromatic carbocycles. The maximum atomic E-state index is 14.0. The minimum absolute atomic E-state index is 0.0645. The molecule has 126 valence electrons. The lowest BCUT2D eigenvalue weighted by atomic mass is 10.1. The summed E-state index contributed by atoms with van der Waals surface area (Å²) in [6.45, 7) is 4.53. The molecule has 0 heterocycles. The molecule has 0 radical (unpaired) electrons. The third kappa shape index (κ3) is 3.28. The Kier molecular flexibility index (Phi) is 4.84. The first-order valence-corrected chi connectivity index (χ1v) is 8.51. The largest absolute Gasteiger partial charge is 0.322 e. The summed E-state index contributed by atoms with van der Waals surface area (Å²) in [5.74, 6) is -0.397. The molecule has 1 atom stereocenters. The highest BCUT2D eigenvalue weighted by atomic mass is 19.1. The SMILES string of the molecule is CCCN(C(=O)Nc1ccc(C)cc1F)C1CCc2ccccc21. The van der Waals surface area contributed by atoms with Gasteiger partial charge < -0.3 is 10.2 Å². The topological polar surface area (TPSA) is 32.3 Å². The van der Waals surface area contributed by atoms with Gasteiger partial charge in [0.1, 0.15) is 5.82 Å². The van der Waals surface area contributed by atoms with Crippen LogP contribution in [0.25, 0.3) is 0 Å². The Morgan fingerprint density at radius 3 is 2.83 bits per heavy atom. The third-order valence-electron chi connectivity index (χ3n) is 4.57. The number of amides is 2. The second-order valence-electron chi connectivity index (χ2n) is 6.36. The predicted octanol–water partition coefficient (Wildman–Crippen LogP) is 5.07. The van der Waals surface area contributed by atoms with Crippen molar-refractivity contribution < 1.29 is 9.18 Å². The predicted molar refractivity (Wildman–Crippen MR) is 94.7 cm³/mol. The number of nitrogens with one attached hydrogen (secondary N) is 1. The van der Waals surface area contributed by atoms with Crippen LogP contribution >= 0.6 is 0 Å². The number of carbonyl (C=O) groups excluding carboxylic acids is 1. The zero-order chi connectivity index (χ0) is 17.1. The maximum Gasteiger partial charge on any atom is 0.322 e. The molecule has 0 fully saturated rings. The van der Waals surface area contributed by atoms with Crippen LogP contribution in [0.5, 0.6) is 0 Å². The molecule has 0 bridgehead atoms. The van der Waals surface area contributed by atoms with Crippen LogP contribution in [0, 0.1) is 12.7 Å². The van der Waals surface area contributed by atoms with E-state index in [9.17, 15) is 9.18 Å². The summed E-state index contributed by atoms with van der Waals surface area (Å²) in [6, 6.07) is 12.9. The molecule has 24 heavy (non-hydrogen) atoms. The minimum atomic E-state index is -0.397. The van der Waals surface area contributed by atoms with Crippen molar-refractivity contribution in [1.82, 2.24) is 4.90 Å². The van der Waals surface area contributed by atoms with Gasteiger partial charge in [-0.3, -0.25) is 0 Å². The van der Waals surface area contributed by atoms with Crippen LogP contribution in [-0.4, -0.2) is 17.5 Å². The van der Waals surface area contributed by atoms with Crippen molar-refractivity contribution in [2.45, 2.75) is 39.2 Å². The maximum absolute atomic E-state index is 14.0.